The van der Waals surface area contributed by atoms with Gasteiger partial charge in [-0.05, 0) is 17.4 Å². The second-order valence-electron chi connectivity index (χ2n) is 3.22. The van der Waals surface area contributed by atoms with Gasteiger partial charge in [0.2, 0.25) is 5.91 Å². The molecular formula is C8H11N7O. The summed E-state index contributed by atoms with van der Waals surface area (Å²) in [5.74, 6) is 0.448. The number of nitrogens with one attached hydrogen (secondary N) is 2. The lowest BCUT2D eigenvalue weighted by molar-refractivity contribution is -0.121. The molecule has 16 heavy (non-hydrogen) atoms. The van der Waals surface area contributed by atoms with Crippen LogP contribution in [0.4, 0.5) is 5.82 Å². The van der Waals surface area contributed by atoms with Gasteiger partial charge in [0.25, 0.3) is 0 Å². The molecule has 0 radical (unpaired) electrons. The highest BCUT2D eigenvalue weighted by molar-refractivity contribution is 5.83. The van der Waals surface area contributed by atoms with E-state index >= 15 is 0 Å². The van der Waals surface area contributed by atoms with E-state index in [-0.39, 0.29) is 11.9 Å². The summed E-state index contributed by atoms with van der Waals surface area (Å²) in [4.78, 5) is 15.3. The van der Waals surface area contributed by atoms with Crippen LogP contribution in [-0.2, 0) is 4.79 Å². The van der Waals surface area contributed by atoms with Crippen molar-refractivity contribution in [2.24, 2.45) is 0 Å². The topological polar surface area (TPSA) is 97.1 Å². The third-order valence-corrected chi connectivity index (χ3v) is 2.11. The van der Waals surface area contributed by atoms with Crippen molar-refractivity contribution >= 4 is 17.4 Å². The molecule has 0 spiro atoms. The van der Waals surface area contributed by atoms with E-state index in [1.54, 1.807) is 20.2 Å². The summed E-state index contributed by atoms with van der Waals surface area (Å²) in [5, 5.41) is 16.6. The molecule has 8 heteroatoms. The van der Waals surface area contributed by atoms with Crippen LogP contribution in [0.2, 0.25) is 0 Å². The Morgan fingerprint density at radius 2 is 2.31 bits per heavy atom. The molecule has 0 bridgehead atoms. The normalized spacial score (nSPS) is 12.4. The summed E-state index contributed by atoms with van der Waals surface area (Å²) in [6.45, 7) is 1.74. The van der Waals surface area contributed by atoms with Crippen LogP contribution in [0.1, 0.15) is 6.92 Å². The molecule has 2 aromatic rings. The Hall–Kier alpha value is -2.25. The number of tetrazole rings is 1. The third kappa shape index (κ3) is 1.76. The van der Waals surface area contributed by atoms with E-state index in [4.69, 9.17) is 0 Å². The van der Waals surface area contributed by atoms with E-state index in [9.17, 15) is 4.79 Å². The van der Waals surface area contributed by atoms with Gasteiger partial charge in [-0.1, -0.05) is 0 Å². The zero-order chi connectivity index (χ0) is 11.5. The Bertz CT molecular complexity index is 508. The summed E-state index contributed by atoms with van der Waals surface area (Å²) < 4.78 is 1.48. The average molecular weight is 221 g/mol. The van der Waals surface area contributed by atoms with Crippen LogP contribution < -0.4 is 10.6 Å². The van der Waals surface area contributed by atoms with Gasteiger partial charge in [0, 0.05) is 7.05 Å². The Kier molecular flexibility index (Phi) is 2.63. The van der Waals surface area contributed by atoms with E-state index in [0.29, 0.717) is 11.5 Å². The predicted molar refractivity (Wildman–Crippen MR) is 55.7 cm³/mol. The first kappa shape index (κ1) is 10.3. The number of amides is 1. The maximum Gasteiger partial charge on any atom is 0.241 e. The molecule has 1 amide bonds. The van der Waals surface area contributed by atoms with Gasteiger partial charge in [-0.2, -0.15) is 4.52 Å². The minimum absolute atomic E-state index is 0.120. The lowest BCUT2D eigenvalue weighted by Gasteiger charge is -2.13. The molecule has 84 valence electrons. The monoisotopic (exact) mass is 221 g/mol. The molecule has 0 aliphatic heterocycles. The molecule has 2 rings (SSSR count). The highest BCUT2D eigenvalue weighted by atomic mass is 16.2. The predicted octanol–water partition coefficient (Wildman–Crippen LogP) is -0.934. The van der Waals surface area contributed by atoms with Crippen molar-refractivity contribution in [3.8, 4) is 0 Å². The van der Waals surface area contributed by atoms with Crippen molar-refractivity contribution in [2.45, 2.75) is 13.0 Å². The lowest BCUT2D eigenvalue weighted by atomic mass is 10.3. The zero-order valence-corrected chi connectivity index (χ0v) is 8.88. The average Bonchev–Trinajstić information content (AvgIpc) is 2.77. The van der Waals surface area contributed by atoms with Crippen LogP contribution in [0.25, 0.3) is 5.65 Å². The maximum absolute atomic E-state index is 11.3. The molecule has 2 aromatic heterocycles. The SMILES string of the molecule is CNC(=O)C(C)Nc1cncc2nnnn12. The number of rotatable bonds is 3. The standard InChI is InChI=1S/C8H11N7O/c1-5(8(16)9-2)11-6-3-10-4-7-12-13-14-15(6)7/h3-5,11H,1-2H3,(H,9,16). The number of fused-ring (bicyclic) bond motifs is 1. The number of carbonyl (C=O) groups excluding carboxylic acids is 1. The van der Waals surface area contributed by atoms with Gasteiger partial charge in [0.05, 0.1) is 12.4 Å². The second kappa shape index (κ2) is 4.09. The molecule has 0 aliphatic rings. The minimum Gasteiger partial charge on any atom is -0.357 e. The fourth-order valence-corrected chi connectivity index (χ4v) is 1.28. The van der Waals surface area contributed by atoms with E-state index in [2.05, 4.69) is 31.1 Å². The van der Waals surface area contributed by atoms with Gasteiger partial charge in [-0.15, -0.1) is 5.10 Å². The van der Waals surface area contributed by atoms with E-state index < -0.39 is 0 Å². The molecule has 2 heterocycles. The van der Waals surface area contributed by atoms with Gasteiger partial charge in [0.15, 0.2) is 11.5 Å². The quantitative estimate of drug-likeness (QED) is 0.694. The van der Waals surface area contributed by atoms with Crippen molar-refractivity contribution in [1.82, 2.24) is 30.3 Å². The van der Waals surface area contributed by atoms with Crippen molar-refractivity contribution in [1.29, 1.82) is 0 Å². The molecule has 2 N–H and O–H groups in total. The Labute approximate surface area is 91.1 Å². The maximum atomic E-state index is 11.3. The summed E-state index contributed by atoms with van der Waals surface area (Å²) >= 11 is 0. The summed E-state index contributed by atoms with van der Waals surface area (Å²) in [6, 6.07) is -0.387. The van der Waals surface area contributed by atoms with Gasteiger partial charge in [-0.3, -0.25) is 9.78 Å². The number of carbonyl (C=O) groups is 1. The van der Waals surface area contributed by atoms with Gasteiger partial charge >= 0.3 is 0 Å². The highest BCUT2D eigenvalue weighted by Crippen LogP contribution is 2.07. The third-order valence-electron chi connectivity index (χ3n) is 2.11. The number of aromatic nitrogens is 5. The summed E-state index contributed by atoms with van der Waals surface area (Å²) in [7, 11) is 1.58. The number of likely N-dealkylation sites (N-methyl/N-ethyl adjacent to an activating group) is 1. The number of hydrogen-bond donors (Lipinski definition) is 2. The molecule has 0 saturated carbocycles. The van der Waals surface area contributed by atoms with Crippen molar-refractivity contribution in [2.75, 3.05) is 12.4 Å². The first-order valence-corrected chi connectivity index (χ1v) is 4.72. The molecule has 0 aliphatic carbocycles. The fraction of sp³-hybridized carbons (Fsp3) is 0.375. The van der Waals surface area contributed by atoms with Crippen molar-refractivity contribution in [3.05, 3.63) is 12.4 Å². The molecular weight excluding hydrogens is 210 g/mol. The minimum atomic E-state index is -0.387. The van der Waals surface area contributed by atoms with E-state index in [1.165, 1.54) is 10.7 Å². The van der Waals surface area contributed by atoms with Gasteiger partial charge in [-0.25, -0.2) is 0 Å². The molecule has 0 aromatic carbocycles. The van der Waals surface area contributed by atoms with Crippen LogP contribution in [0.15, 0.2) is 12.4 Å². The largest absolute Gasteiger partial charge is 0.357 e. The number of anilines is 1. The second-order valence-corrected chi connectivity index (χ2v) is 3.22. The highest BCUT2D eigenvalue weighted by Gasteiger charge is 2.12. The van der Waals surface area contributed by atoms with Crippen LogP contribution >= 0.6 is 0 Å². The van der Waals surface area contributed by atoms with Crippen molar-refractivity contribution < 1.29 is 4.79 Å². The van der Waals surface area contributed by atoms with Crippen molar-refractivity contribution in [3.63, 3.8) is 0 Å². The molecule has 0 saturated heterocycles. The van der Waals surface area contributed by atoms with Crippen LogP contribution in [0.5, 0.6) is 0 Å². The molecule has 8 nitrogen and oxygen atoms in total. The first-order chi connectivity index (χ1) is 7.72. The summed E-state index contributed by atoms with van der Waals surface area (Å²) in [6.07, 6.45) is 3.10. The smallest absolute Gasteiger partial charge is 0.241 e. The lowest BCUT2D eigenvalue weighted by Crippen LogP contribution is -2.35. The first-order valence-electron chi connectivity index (χ1n) is 4.72. The Morgan fingerprint density at radius 1 is 1.50 bits per heavy atom. The zero-order valence-electron chi connectivity index (χ0n) is 8.88. The summed E-state index contributed by atoms with van der Waals surface area (Å²) in [5.41, 5.74) is 0.522. The van der Waals surface area contributed by atoms with Crippen LogP contribution in [-0.4, -0.2) is 44.0 Å². The number of nitrogens with zero attached hydrogens (tertiary/aromatic N) is 5. The molecule has 1 atom stereocenters. The van der Waals surface area contributed by atoms with Gasteiger partial charge < -0.3 is 10.6 Å². The van der Waals surface area contributed by atoms with E-state index in [1.807, 2.05) is 0 Å². The fourth-order valence-electron chi connectivity index (χ4n) is 1.28. The van der Waals surface area contributed by atoms with Gasteiger partial charge in [0.1, 0.15) is 6.04 Å². The molecule has 0 fully saturated rings. The van der Waals surface area contributed by atoms with Crippen LogP contribution in [0, 0.1) is 0 Å². The van der Waals surface area contributed by atoms with Crippen LogP contribution in [0.3, 0.4) is 0 Å². The Balaban J connectivity index is 2.27. The van der Waals surface area contributed by atoms with E-state index in [0.717, 1.165) is 0 Å². The Morgan fingerprint density at radius 3 is 3.06 bits per heavy atom. The molecule has 1 unspecified atom stereocenters. The number of hydrogen-bond acceptors (Lipinski definition) is 6.